The lowest BCUT2D eigenvalue weighted by atomic mass is 9.81. The van der Waals surface area contributed by atoms with Gasteiger partial charge in [-0.2, -0.15) is 0 Å². The number of hydrogen-bond acceptors (Lipinski definition) is 2. The van der Waals surface area contributed by atoms with Crippen LogP contribution < -0.4 is 5.32 Å². The Morgan fingerprint density at radius 1 is 1.07 bits per heavy atom. The first kappa shape index (κ1) is 18.2. The number of hydrogen-bond donors (Lipinski definition) is 1. The second kappa shape index (κ2) is 7.81. The van der Waals surface area contributed by atoms with Crippen LogP contribution in [0.5, 0.6) is 0 Å². The topological polar surface area (TPSA) is 32.3 Å². The van der Waals surface area contributed by atoms with Crippen molar-refractivity contribution < 1.29 is 9.18 Å². The van der Waals surface area contributed by atoms with E-state index in [1.807, 2.05) is 43.3 Å². The predicted octanol–water partition coefficient (Wildman–Crippen LogP) is 4.45. The number of amides is 1. The largest absolute Gasteiger partial charge is 0.349 e. The Kier molecular flexibility index (Phi) is 5.26. The zero-order valence-corrected chi connectivity index (χ0v) is 15.8. The first-order valence-electron chi connectivity index (χ1n) is 9.97. The summed E-state index contributed by atoms with van der Waals surface area (Å²) < 4.78 is 13.2. The van der Waals surface area contributed by atoms with Gasteiger partial charge in [0.25, 0.3) is 5.91 Å². The molecular weight excluding hydrogens is 339 g/mol. The minimum atomic E-state index is -0.184. The summed E-state index contributed by atoms with van der Waals surface area (Å²) in [7, 11) is 0. The molecule has 2 aromatic carbocycles. The van der Waals surface area contributed by atoms with Gasteiger partial charge in [0.05, 0.1) is 0 Å². The summed E-state index contributed by atoms with van der Waals surface area (Å²) in [6.45, 7) is 2.85. The van der Waals surface area contributed by atoms with E-state index in [4.69, 9.17) is 0 Å². The van der Waals surface area contributed by atoms with Crippen LogP contribution in [0.15, 0.2) is 48.5 Å². The van der Waals surface area contributed by atoms with E-state index in [0.717, 1.165) is 36.1 Å². The van der Waals surface area contributed by atoms with Crippen molar-refractivity contribution in [2.24, 2.45) is 0 Å². The number of nitrogens with one attached hydrogen (secondary N) is 1. The molecular formula is C23H27FN2O. The SMILES string of the molecule is Cc1ccccc1C(=O)NC1C[C@H]2CCC[C@H](C1)N2Cc1ccc(F)cc1. The van der Waals surface area contributed by atoms with E-state index in [-0.39, 0.29) is 17.8 Å². The third kappa shape index (κ3) is 4.06. The fourth-order valence-electron chi connectivity index (χ4n) is 4.75. The maximum Gasteiger partial charge on any atom is 0.251 e. The van der Waals surface area contributed by atoms with Crippen molar-refractivity contribution >= 4 is 5.91 Å². The average Bonchev–Trinajstić information content (AvgIpc) is 2.64. The first-order chi connectivity index (χ1) is 13.1. The summed E-state index contributed by atoms with van der Waals surface area (Å²) in [5.74, 6) is -0.139. The summed E-state index contributed by atoms with van der Waals surface area (Å²) in [4.78, 5) is 15.3. The molecule has 2 atom stereocenters. The number of rotatable bonds is 4. The molecule has 2 fully saturated rings. The van der Waals surface area contributed by atoms with Crippen molar-refractivity contribution in [1.82, 2.24) is 10.2 Å². The highest BCUT2D eigenvalue weighted by molar-refractivity contribution is 5.95. The molecule has 2 saturated heterocycles. The number of aryl methyl sites for hydroxylation is 1. The van der Waals surface area contributed by atoms with Gasteiger partial charge < -0.3 is 5.32 Å². The molecule has 0 aromatic heterocycles. The van der Waals surface area contributed by atoms with E-state index in [0.29, 0.717) is 12.1 Å². The number of benzene rings is 2. The predicted molar refractivity (Wildman–Crippen MR) is 105 cm³/mol. The van der Waals surface area contributed by atoms with Gasteiger partial charge in [-0.3, -0.25) is 9.69 Å². The van der Waals surface area contributed by atoms with Crippen molar-refractivity contribution in [3.05, 3.63) is 71.0 Å². The van der Waals surface area contributed by atoms with Crippen molar-refractivity contribution in [2.45, 2.75) is 63.7 Å². The van der Waals surface area contributed by atoms with E-state index in [2.05, 4.69) is 10.2 Å². The van der Waals surface area contributed by atoms with E-state index < -0.39 is 0 Å². The number of halogens is 1. The second-order valence-electron chi connectivity index (χ2n) is 7.99. The Bertz CT molecular complexity index is 790. The molecule has 2 heterocycles. The number of fused-ring (bicyclic) bond motifs is 2. The molecule has 27 heavy (non-hydrogen) atoms. The molecule has 0 saturated carbocycles. The number of carbonyl (C=O) groups excluding carboxylic acids is 1. The molecule has 0 aliphatic carbocycles. The number of piperidine rings is 2. The molecule has 0 spiro atoms. The quantitative estimate of drug-likeness (QED) is 0.867. The van der Waals surface area contributed by atoms with Crippen LogP contribution in [-0.4, -0.2) is 28.9 Å². The Hall–Kier alpha value is -2.20. The molecule has 2 aromatic rings. The summed E-state index contributed by atoms with van der Waals surface area (Å²) in [6.07, 6.45) is 5.60. The highest BCUT2D eigenvalue weighted by Crippen LogP contribution is 2.35. The van der Waals surface area contributed by atoms with Crippen LogP contribution in [-0.2, 0) is 6.54 Å². The standard InChI is InChI=1S/C23H27FN2O/c1-16-5-2-3-8-22(16)23(27)25-19-13-20-6-4-7-21(14-19)26(20)15-17-9-11-18(24)12-10-17/h2-3,5,8-12,19-21H,4,6-7,13-15H2,1H3,(H,25,27)/t20-,21-/m1/s1. The van der Waals surface area contributed by atoms with Gasteiger partial charge in [-0.25, -0.2) is 4.39 Å². The molecule has 2 bridgehead atoms. The van der Waals surface area contributed by atoms with E-state index in [1.54, 1.807) is 12.1 Å². The lowest BCUT2D eigenvalue weighted by Gasteiger charge is -2.49. The second-order valence-corrected chi connectivity index (χ2v) is 7.99. The molecule has 4 rings (SSSR count). The highest BCUT2D eigenvalue weighted by Gasteiger charge is 2.38. The zero-order valence-electron chi connectivity index (χ0n) is 15.8. The van der Waals surface area contributed by atoms with Crippen LogP contribution in [0, 0.1) is 12.7 Å². The molecule has 4 heteroatoms. The van der Waals surface area contributed by atoms with Crippen LogP contribution >= 0.6 is 0 Å². The van der Waals surface area contributed by atoms with Crippen molar-refractivity contribution in [2.75, 3.05) is 0 Å². The smallest absolute Gasteiger partial charge is 0.251 e. The van der Waals surface area contributed by atoms with Gasteiger partial charge in [-0.05, 0) is 61.9 Å². The van der Waals surface area contributed by atoms with E-state index in [9.17, 15) is 9.18 Å². The molecule has 1 amide bonds. The normalized spacial score (nSPS) is 25.2. The summed E-state index contributed by atoms with van der Waals surface area (Å²) in [5.41, 5.74) is 2.95. The lowest BCUT2D eigenvalue weighted by Crippen LogP contribution is -2.56. The Labute approximate surface area is 160 Å². The minimum Gasteiger partial charge on any atom is -0.349 e. The van der Waals surface area contributed by atoms with Gasteiger partial charge in [-0.1, -0.05) is 36.8 Å². The van der Waals surface area contributed by atoms with Crippen LogP contribution in [0.2, 0.25) is 0 Å². The Morgan fingerprint density at radius 3 is 2.41 bits per heavy atom. The fourth-order valence-corrected chi connectivity index (χ4v) is 4.75. The van der Waals surface area contributed by atoms with E-state index in [1.165, 1.54) is 19.3 Å². The Balaban J connectivity index is 1.42. The number of nitrogens with zero attached hydrogens (tertiary/aromatic N) is 1. The molecule has 1 N–H and O–H groups in total. The minimum absolute atomic E-state index is 0.0446. The maximum atomic E-state index is 13.2. The van der Waals surface area contributed by atoms with Gasteiger partial charge >= 0.3 is 0 Å². The van der Waals surface area contributed by atoms with Gasteiger partial charge in [0.15, 0.2) is 0 Å². The van der Waals surface area contributed by atoms with E-state index >= 15 is 0 Å². The van der Waals surface area contributed by atoms with Crippen molar-refractivity contribution in [3.8, 4) is 0 Å². The van der Waals surface area contributed by atoms with Crippen LogP contribution in [0.3, 0.4) is 0 Å². The average molecular weight is 366 g/mol. The first-order valence-corrected chi connectivity index (χ1v) is 9.97. The van der Waals surface area contributed by atoms with Gasteiger partial charge in [0.2, 0.25) is 0 Å². The fraction of sp³-hybridized carbons (Fsp3) is 0.435. The van der Waals surface area contributed by atoms with Crippen molar-refractivity contribution in [3.63, 3.8) is 0 Å². The molecule has 2 aliphatic rings. The van der Waals surface area contributed by atoms with Gasteiger partial charge in [0.1, 0.15) is 5.82 Å². The lowest BCUT2D eigenvalue weighted by molar-refractivity contribution is 0.0177. The molecule has 142 valence electrons. The van der Waals surface area contributed by atoms with Crippen LogP contribution in [0.4, 0.5) is 4.39 Å². The van der Waals surface area contributed by atoms with Crippen molar-refractivity contribution in [1.29, 1.82) is 0 Å². The molecule has 3 nitrogen and oxygen atoms in total. The Morgan fingerprint density at radius 2 is 1.74 bits per heavy atom. The molecule has 2 aliphatic heterocycles. The summed E-state index contributed by atoms with van der Waals surface area (Å²) >= 11 is 0. The third-order valence-corrected chi connectivity index (χ3v) is 6.13. The van der Waals surface area contributed by atoms with Crippen LogP contribution in [0.25, 0.3) is 0 Å². The maximum absolute atomic E-state index is 13.2. The zero-order chi connectivity index (χ0) is 18.8. The molecule has 0 unspecified atom stereocenters. The number of carbonyl (C=O) groups is 1. The monoisotopic (exact) mass is 366 g/mol. The molecule has 0 radical (unpaired) electrons. The third-order valence-electron chi connectivity index (χ3n) is 6.13. The van der Waals surface area contributed by atoms with Gasteiger partial charge in [-0.15, -0.1) is 0 Å². The summed E-state index contributed by atoms with van der Waals surface area (Å²) in [5, 5.41) is 3.28. The summed E-state index contributed by atoms with van der Waals surface area (Å²) in [6, 6.07) is 15.8. The van der Waals surface area contributed by atoms with Gasteiger partial charge in [0, 0.05) is 30.2 Å². The van der Waals surface area contributed by atoms with Crippen LogP contribution in [0.1, 0.15) is 53.6 Å². The highest BCUT2D eigenvalue weighted by atomic mass is 19.1.